The molecular formula is C17H27N3O3. The summed E-state index contributed by atoms with van der Waals surface area (Å²) in [5.74, 6) is -0.0985. The number of piperazine rings is 1. The Balaban J connectivity index is 1.99. The Kier molecular flexibility index (Phi) is 6.38. The lowest BCUT2D eigenvalue weighted by Gasteiger charge is -2.32. The van der Waals surface area contributed by atoms with E-state index in [1.165, 1.54) is 0 Å². The van der Waals surface area contributed by atoms with Crippen LogP contribution in [0.5, 0.6) is 5.75 Å². The van der Waals surface area contributed by atoms with E-state index in [2.05, 4.69) is 16.8 Å². The van der Waals surface area contributed by atoms with Gasteiger partial charge in [-0.05, 0) is 32.0 Å². The van der Waals surface area contributed by atoms with Crippen molar-refractivity contribution in [3.8, 4) is 5.75 Å². The van der Waals surface area contributed by atoms with Gasteiger partial charge in [-0.3, -0.25) is 9.69 Å². The van der Waals surface area contributed by atoms with Crippen molar-refractivity contribution in [3.05, 3.63) is 29.3 Å². The normalized spacial score (nSPS) is 17.9. The molecule has 0 radical (unpaired) electrons. The van der Waals surface area contributed by atoms with Crippen LogP contribution in [-0.2, 0) is 22.5 Å². The van der Waals surface area contributed by atoms with Crippen LogP contribution in [0.4, 0.5) is 0 Å². The second kappa shape index (κ2) is 8.29. The average molecular weight is 321 g/mol. The van der Waals surface area contributed by atoms with Crippen LogP contribution in [0.25, 0.3) is 0 Å². The van der Waals surface area contributed by atoms with Gasteiger partial charge >= 0.3 is 5.97 Å². The third-order valence-electron chi connectivity index (χ3n) is 4.18. The lowest BCUT2D eigenvalue weighted by atomic mass is 10.0. The molecule has 1 saturated heterocycles. The molecule has 0 aromatic heterocycles. The fraction of sp³-hybridized carbons (Fsp3) is 0.588. The van der Waals surface area contributed by atoms with E-state index in [1.54, 1.807) is 13.0 Å². The van der Waals surface area contributed by atoms with Crippen LogP contribution in [0, 0.1) is 0 Å². The lowest BCUT2D eigenvalue weighted by molar-refractivity contribution is -0.144. The highest BCUT2D eigenvalue weighted by Crippen LogP contribution is 2.21. The monoisotopic (exact) mass is 321 g/mol. The summed E-state index contributed by atoms with van der Waals surface area (Å²) in [5, 5.41) is 10.1. The minimum absolute atomic E-state index is 0.289. The van der Waals surface area contributed by atoms with Gasteiger partial charge in [0.2, 0.25) is 0 Å². The van der Waals surface area contributed by atoms with Crippen LogP contribution >= 0.6 is 0 Å². The average Bonchev–Trinajstić information content (AvgIpc) is 2.53. The standard InChI is InChI=1S/C17H27N3O3/c1-3-23-17(22)15(18)11-13-4-5-16(21)14(10-13)12-20-8-6-19(2)7-9-20/h4-5,10,15,21H,3,6-9,11-12,18H2,1-2H3. The third kappa shape index (κ3) is 5.20. The van der Waals surface area contributed by atoms with Crippen molar-refractivity contribution in [1.82, 2.24) is 9.80 Å². The molecule has 6 nitrogen and oxygen atoms in total. The Bertz CT molecular complexity index is 528. The van der Waals surface area contributed by atoms with E-state index in [4.69, 9.17) is 10.5 Å². The summed E-state index contributed by atoms with van der Waals surface area (Å²) in [6.07, 6.45) is 0.412. The Morgan fingerprint density at radius 1 is 1.35 bits per heavy atom. The number of likely N-dealkylation sites (N-methyl/N-ethyl adjacent to an activating group) is 1. The van der Waals surface area contributed by atoms with Crippen LogP contribution < -0.4 is 5.73 Å². The molecule has 0 amide bonds. The molecule has 1 aliphatic heterocycles. The molecule has 0 bridgehead atoms. The number of nitrogens with zero attached hydrogens (tertiary/aromatic N) is 2. The Morgan fingerprint density at radius 3 is 2.70 bits per heavy atom. The first kappa shape index (κ1) is 17.7. The molecule has 1 heterocycles. The van der Waals surface area contributed by atoms with E-state index in [-0.39, 0.29) is 11.7 Å². The minimum Gasteiger partial charge on any atom is -0.508 e. The highest BCUT2D eigenvalue weighted by atomic mass is 16.5. The zero-order valence-corrected chi connectivity index (χ0v) is 14.0. The van der Waals surface area contributed by atoms with Gasteiger partial charge in [-0.2, -0.15) is 0 Å². The Labute approximate surface area is 137 Å². The molecule has 1 fully saturated rings. The number of phenolic OH excluding ortho intramolecular Hbond substituents is 1. The van der Waals surface area contributed by atoms with Crippen LogP contribution in [0.1, 0.15) is 18.1 Å². The zero-order valence-electron chi connectivity index (χ0n) is 14.0. The molecule has 1 atom stereocenters. The van der Waals surface area contributed by atoms with Crippen molar-refractivity contribution >= 4 is 5.97 Å². The summed E-state index contributed by atoms with van der Waals surface area (Å²) in [4.78, 5) is 16.3. The highest BCUT2D eigenvalue weighted by Gasteiger charge is 2.18. The number of carbonyl (C=O) groups excluding carboxylic acids is 1. The van der Waals surface area contributed by atoms with E-state index in [1.807, 2.05) is 12.1 Å². The maximum atomic E-state index is 11.6. The lowest BCUT2D eigenvalue weighted by Crippen LogP contribution is -2.43. The maximum Gasteiger partial charge on any atom is 0.323 e. The van der Waals surface area contributed by atoms with Crippen molar-refractivity contribution < 1.29 is 14.6 Å². The van der Waals surface area contributed by atoms with Crippen molar-refractivity contribution in [2.75, 3.05) is 39.8 Å². The van der Waals surface area contributed by atoms with E-state index >= 15 is 0 Å². The quantitative estimate of drug-likeness (QED) is 0.746. The molecule has 1 unspecified atom stereocenters. The summed E-state index contributed by atoms with van der Waals surface area (Å²) in [6.45, 7) is 6.85. The predicted octanol–water partition coefficient (Wildman–Crippen LogP) is 0.573. The largest absolute Gasteiger partial charge is 0.508 e. The maximum absolute atomic E-state index is 11.6. The van der Waals surface area contributed by atoms with Gasteiger partial charge in [0.1, 0.15) is 11.8 Å². The smallest absolute Gasteiger partial charge is 0.323 e. The van der Waals surface area contributed by atoms with Gasteiger partial charge in [-0.15, -0.1) is 0 Å². The van der Waals surface area contributed by atoms with Gasteiger partial charge in [-0.25, -0.2) is 0 Å². The van der Waals surface area contributed by atoms with E-state index < -0.39 is 6.04 Å². The number of nitrogens with two attached hydrogens (primary N) is 1. The van der Waals surface area contributed by atoms with E-state index in [9.17, 15) is 9.90 Å². The number of phenols is 1. The number of esters is 1. The molecule has 1 aliphatic rings. The van der Waals surface area contributed by atoms with Gasteiger partial charge in [0.25, 0.3) is 0 Å². The number of hydrogen-bond acceptors (Lipinski definition) is 6. The molecule has 0 saturated carbocycles. The van der Waals surface area contributed by atoms with Crippen molar-refractivity contribution in [2.45, 2.75) is 25.9 Å². The molecule has 1 aromatic rings. The van der Waals surface area contributed by atoms with Crippen LogP contribution in [0.15, 0.2) is 18.2 Å². The first-order chi connectivity index (χ1) is 11.0. The summed E-state index contributed by atoms with van der Waals surface area (Å²) >= 11 is 0. The van der Waals surface area contributed by atoms with Crippen molar-refractivity contribution in [1.29, 1.82) is 0 Å². The minimum atomic E-state index is -0.670. The molecule has 0 aliphatic carbocycles. The van der Waals surface area contributed by atoms with Gasteiger partial charge in [0, 0.05) is 38.3 Å². The number of aromatic hydroxyl groups is 1. The number of carbonyl (C=O) groups is 1. The Hall–Kier alpha value is -1.63. The summed E-state index contributed by atoms with van der Waals surface area (Å²) in [5.41, 5.74) is 7.69. The van der Waals surface area contributed by atoms with Gasteiger partial charge < -0.3 is 20.5 Å². The van der Waals surface area contributed by atoms with Crippen LogP contribution in [0.2, 0.25) is 0 Å². The fourth-order valence-corrected chi connectivity index (χ4v) is 2.73. The van der Waals surface area contributed by atoms with E-state index in [0.29, 0.717) is 19.6 Å². The molecule has 0 spiro atoms. The van der Waals surface area contributed by atoms with Gasteiger partial charge in [0.15, 0.2) is 0 Å². The van der Waals surface area contributed by atoms with Crippen molar-refractivity contribution in [3.63, 3.8) is 0 Å². The second-order valence-corrected chi connectivity index (χ2v) is 6.11. The topological polar surface area (TPSA) is 79.0 Å². The third-order valence-corrected chi connectivity index (χ3v) is 4.18. The SMILES string of the molecule is CCOC(=O)C(N)Cc1ccc(O)c(CN2CCN(C)CC2)c1. The molecule has 23 heavy (non-hydrogen) atoms. The zero-order chi connectivity index (χ0) is 16.8. The summed E-state index contributed by atoms with van der Waals surface area (Å²) in [7, 11) is 2.12. The number of benzene rings is 1. The molecule has 3 N–H and O–H groups in total. The van der Waals surface area contributed by atoms with E-state index in [0.717, 1.165) is 37.3 Å². The van der Waals surface area contributed by atoms with Crippen LogP contribution in [-0.4, -0.2) is 66.8 Å². The number of ether oxygens (including phenoxy) is 1. The highest BCUT2D eigenvalue weighted by molar-refractivity contribution is 5.75. The first-order valence-corrected chi connectivity index (χ1v) is 8.13. The summed E-state index contributed by atoms with van der Waals surface area (Å²) in [6, 6.07) is 4.75. The predicted molar refractivity (Wildman–Crippen MR) is 89.2 cm³/mol. The first-order valence-electron chi connectivity index (χ1n) is 8.13. The van der Waals surface area contributed by atoms with Gasteiger partial charge in [-0.1, -0.05) is 12.1 Å². The molecule has 2 rings (SSSR count). The fourth-order valence-electron chi connectivity index (χ4n) is 2.73. The van der Waals surface area contributed by atoms with Crippen molar-refractivity contribution in [2.24, 2.45) is 5.73 Å². The molecule has 128 valence electrons. The molecular weight excluding hydrogens is 294 g/mol. The number of rotatable bonds is 6. The Morgan fingerprint density at radius 2 is 2.04 bits per heavy atom. The van der Waals surface area contributed by atoms with Gasteiger partial charge in [0.05, 0.1) is 6.61 Å². The second-order valence-electron chi connectivity index (χ2n) is 6.11. The molecule has 6 heteroatoms. The summed E-state index contributed by atoms with van der Waals surface area (Å²) < 4.78 is 4.94. The van der Waals surface area contributed by atoms with Crippen LogP contribution in [0.3, 0.4) is 0 Å². The number of hydrogen-bond donors (Lipinski definition) is 2. The molecule has 1 aromatic carbocycles.